The molecule has 0 fully saturated rings. The molecule has 12 aromatic carbocycles. The van der Waals surface area contributed by atoms with Gasteiger partial charge in [0, 0.05) is 58.8 Å². The van der Waals surface area contributed by atoms with Crippen molar-refractivity contribution < 1.29 is 8.83 Å². The number of hydrogen-bond donors (Lipinski definition) is 0. The summed E-state index contributed by atoms with van der Waals surface area (Å²) in [4.78, 5) is 2.47. The molecule has 0 saturated heterocycles. The van der Waals surface area contributed by atoms with Crippen molar-refractivity contribution in [2.75, 3.05) is 4.90 Å². The van der Waals surface area contributed by atoms with Gasteiger partial charge in [-0.15, -0.1) is 11.3 Å². The summed E-state index contributed by atoms with van der Waals surface area (Å²) in [5.74, 6) is 0. The Morgan fingerprint density at radius 2 is 0.713 bits per heavy atom. The highest BCUT2D eigenvalue weighted by molar-refractivity contribution is 7.25. The third-order valence-electron chi connectivity index (χ3n) is 16.5. The van der Waals surface area contributed by atoms with Gasteiger partial charge in [0.15, 0.2) is 0 Å². The summed E-state index contributed by atoms with van der Waals surface area (Å²) in [7, 11) is 0. The Balaban J connectivity index is 0.904. The minimum absolute atomic E-state index is 0.879. The van der Waals surface area contributed by atoms with Crippen LogP contribution < -0.4 is 4.90 Å². The number of hydrogen-bond acceptors (Lipinski definition) is 4. The molecular weight excluding hydrogens is 991 g/mol. The molecule has 0 unspecified atom stereocenters. The van der Waals surface area contributed by atoms with Gasteiger partial charge in [-0.05, 0) is 203 Å². The van der Waals surface area contributed by atoms with Gasteiger partial charge in [-0.25, -0.2) is 0 Å². The molecule has 80 heavy (non-hydrogen) atoms. The van der Waals surface area contributed by atoms with E-state index >= 15 is 0 Å². The minimum atomic E-state index is 0.879. The molecule has 15 rings (SSSR count). The number of aryl methyl sites for hydroxylation is 6. The maximum absolute atomic E-state index is 6.24. The van der Waals surface area contributed by atoms with Crippen LogP contribution in [0.2, 0.25) is 0 Å². The molecule has 0 amide bonds. The highest BCUT2D eigenvalue weighted by Gasteiger charge is 2.20. The van der Waals surface area contributed by atoms with E-state index in [1.807, 2.05) is 35.6 Å². The summed E-state index contributed by atoms with van der Waals surface area (Å²) < 4.78 is 15.1. The molecule has 3 aromatic heterocycles. The van der Waals surface area contributed by atoms with Gasteiger partial charge in [-0.3, -0.25) is 0 Å². The second-order valence-electron chi connectivity index (χ2n) is 21.7. The van der Waals surface area contributed by atoms with E-state index in [-0.39, 0.29) is 0 Å². The molecule has 0 saturated carbocycles. The van der Waals surface area contributed by atoms with Crippen LogP contribution in [0.1, 0.15) is 33.4 Å². The molecule has 0 aliphatic rings. The number of nitrogens with zero attached hydrogens (tertiary/aromatic N) is 1. The van der Waals surface area contributed by atoms with E-state index in [1.165, 1.54) is 75.5 Å². The molecule has 4 heteroatoms. The fourth-order valence-corrected chi connectivity index (χ4v) is 13.2. The number of thiophene rings is 1. The maximum atomic E-state index is 6.24. The number of anilines is 3. The molecular formula is C76H55NO2S. The van der Waals surface area contributed by atoms with Crippen LogP contribution in [0.4, 0.5) is 17.1 Å². The third kappa shape index (κ3) is 8.79. The van der Waals surface area contributed by atoms with Gasteiger partial charge in [0.1, 0.15) is 22.3 Å². The van der Waals surface area contributed by atoms with Crippen LogP contribution in [0.3, 0.4) is 0 Å². The quantitative estimate of drug-likeness (QED) is 0.122. The van der Waals surface area contributed by atoms with E-state index in [4.69, 9.17) is 8.83 Å². The van der Waals surface area contributed by atoms with E-state index in [1.54, 1.807) is 0 Å². The Labute approximate surface area is 469 Å². The summed E-state index contributed by atoms with van der Waals surface area (Å²) >= 11 is 1.88. The summed E-state index contributed by atoms with van der Waals surface area (Å²) in [6, 6.07) is 92.0. The average molecular weight is 1050 g/mol. The van der Waals surface area contributed by atoms with Gasteiger partial charge in [0.25, 0.3) is 0 Å². The summed E-state index contributed by atoms with van der Waals surface area (Å²) in [5.41, 5.74) is 21.9. The Kier molecular flexibility index (Phi) is 11.8. The normalized spacial score (nSPS) is 11.8. The van der Waals surface area contributed by atoms with Crippen LogP contribution in [0, 0.1) is 13.8 Å². The number of fused-ring (bicyclic) bond motifs is 10. The molecule has 0 atom stereocenters. The molecule has 382 valence electrons. The topological polar surface area (TPSA) is 29.5 Å². The van der Waals surface area contributed by atoms with Crippen molar-refractivity contribution in [2.24, 2.45) is 0 Å². The molecule has 0 aliphatic heterocycles. The summed E-state index contributed by atoms with van der Waals surface area (Å²) in [6.07, 6.45) is 3.63. The first-order valence-electron chi connectivity index (χ1n) is 27.9. The summed E-state index contributed by atoms with van der Waals surface area (Å²) in [5, 5.41) is 9.75. The third-order valence-corrected chi connectivity index (χ3v) is 17.6. The molecule has 3 nitrogen and oxygen atoms in total. The van der Waals surface area contributed by atoms with Gasteiger partial charge < -0.3 is 13.7 Å². The van der Waals surface area contributed by atoms with Crippen molar-refractivity contribution in [1.82, 2.24) is 0 Å². The highest BCUT2D eigenvalue weighted by atomic mass is 32.1. The number of furan rings is 2. The van der Waals surface area contributed by atoms with Gasteiger partial charge in [-0.1, -0.05) is 163 Å². The monoisotopic (exact) mass is 1050 g/mol. The minimum Gasteiger partial charge on any atom is -0.456 e. The molecule has 15 aromatic rings. The first-order valence-corrected chi connectivity index (χ1v) is 28.7. The fourth-order valence-electron chi connectivity index (χ4n) is 12.1. The zero-order valence-electron chi connectivity index (χ0n) is 44.7. The molecule has 0 spiro atoms. The van der Waals surface area contributed by atoms with Gasteiger partial charge >= 0.3 is 0 Å². The second kappa shape index (κ2) is 19.8. The zero-order chi connectivity index (χ0) is 53.3. The van der Waals surface area contributed by atoms with E-state index in [9.17, 15) is 0 Å². The van der Waals surface area contributed by atoms with Crippen LogP contribution in [0.25, 0.3) is 108 Å². The smallest absolute Gasteiger partial charge is 0.135 e. The number of para-hydroxylation sites is 2. The van der Waals surface area contributed by atoms with Crippen molar-refractivity contribution >= 4 is 103 Å². The van der Waals surface area contributed by atoms with Crippen LogP contribution in [0.5, 0.6) is 0 Å². The first kappa shape index (κ1) is 47.7. The Morgan fingerprint density at radius 1 is 0.287 bits per heavy atom. The van der Waals surface area contributed by atoms with Crippen molar-refractivity contribution in [1.29, 1.82) is 0 Å². The predicted octanol–water partition coefficient (Wildman–Crippen LogP) is 21.7. The number of benzene rings is 12. The fraction of sp³-hybridized carbons (Fsp3) is 0.0789. The van der Waals surface area contributed by atoms with E-state index in [2.05, 4.69) is 243 Å². The molecule has 3 heterocycles. The molecule has 0 N–H and O–H groups in total. The van der Waals surface area contributed by atoms with E-state index in [0.717, 1.165) is 109 Å². The SMILES string of the molecule is Cc1ccc(CCc2cc(N(c3ccc(-c4ccc5oc6ccccc6c5c4)cc3)c3ccc(-c4ccc5oc6ccccc6c5c4)cc3)cc3c(CCc4ccc(C)cc4)cc(-c4ccc5sc6ccccc6c5c4)cc23)cc1. The Morgan fingerprint density at radius 3 is 1.29 bits per heavy atom. The van der Waals surface area contributed by atoms with Crippen molar-refractivity contribution in [3.63, 3.8) is 0 Å². The van der Waals surface area contributed by atoms with Crippen LogP contribution in [-0.4, -0.2) is 0 Å². The first-order chi connectivity index (χ1) is 39.4. The van der Waals surface area contributed by atoms with Crippen LogP contribution in [-0.2, 0) is 25.7 Å². The lowest BCUT2D eigenvalue weighted by Gasteiger charge is -2.28. The highest BCUT2D eigenvalue weighted by Crippen LogP contribution is 2.44. The lowest BCUT2D eigenvalue weighted by Crippen LogP contribution is -2.11. The van der Waals surface area contributed by atoms with Crippen molar-refractivity contribution in [3.05, 3.63) is 282 Å². The summed E-state index contributed by atoms with van der Waals surface area (Å²) in [6.45, 7) is 4.34. The standard InChI is InChI=1S/C76H55NO2S/c1-48-15-19-50(20-16-48)23-25-57-41-59(56-33-40-76-70(45-56)65-11-5-8-14-75(65)80-76)46-66-58(26-24-51-21-17-49(2)18-22-51)42-62(47-67(57)66)77(60-34-27-52(28-35-60)54-31-38-73-68(43-54)63-9-3-6-12-71(63)78-73)61-36-29-53(30-37-61)55-32-39-74-69(44-55)64-10-4-7-13-72(64)79-74/h3-22,27-47H,23-26H2,1-2H3. The van der Waals surface area contributed by atoms with Crippen LogP contribution >= 0.6 is 11.3 Å². The predicted molar refractivity (Wildman–Crippen MR) is 340 cm³/mol. The van der Waals surface area contributed by atoms with E-state index in [0.29, 0.717) is 0 Å². The van der Waals surface area contributed by atoms with Gasteiger partial charge in [-0.2, -0.15) is 0 Å². The van der Waals surface area contributed by atoms with Crippen molar-refractivity contribution in [2.45, 2.75) is 39.5 Å². The Hall–Kier alpha value is -9.48. The van der Waals surface area contributed by atoms with Crippen molar-refractivity contribution in [3.8, 4) is 33.4 Å². The average Bonchev–Trinajstić information content (AvgIpc) is 4.30. The number of rotatable bonds is 12. The lowest BCUT2D eigenvalue weighted by atomic mass is 9.89. The lowest BCUT2D eigenvalue weighted by molar-refractivity contribution is 0.668. The molecule has 0 aliphatic carbocycles. The second-order valence-corrected chi connectivity index (χ2v) is 22.7. The molecule has 0 bridgehead atoms. The zero-order valence-corrected chi connectivity index (χ0v) is 45.5. The Bertz CT molecular complexity index is 4670. The van der Waals surface area contributed by atoms with Gasteiger partial charge in [0.05, 0.1) is 0 Å². The maximum Gasteiger partial charge on any atom is 0.135 e. The van der Waals surface area contributed by atoms with Crippen LogP contribution in [0.15, 0.2) is 258 Å². The largest absolute Gasteiger partial charge is 0.456 e. The van der Waals surface area contributed by atoms with Gasteiger partial charge in [0.2, 0.25) is 0 Å². The van der Waals surface area contributed by atoms with E-state index < -0.39 is 0 Å². The molecule has 0 radical (unpaired) electrons.